The number of nitriles is 1. The zero-order valence-corrected chi connectivity index (χ0v) is 9.47. The molecule has 1 N–H and O–H groups in total. The molecule has 2 rings (SSSR count). The molecule has 3 nitrogen and oxygen atoms in total. The summed E-state index contributed by atoms with van der Waals surface area (Å²) in [5.41, 5.74) is 1.17. The van der Waals surface area contributed by atoms with Crippen molar-refractivity contribution in [3.8, 4) is 6.07 Å². The van der Waals surface area contributed by atoms with Crippen LogP contribution in [0, 0.1) is 11.3 Å². The van der Waals surface area contributed by atoms with E-state index in [0.29, 0.717) is 13.0 Å². The highest BCUT2D eigenvalue weighted by Gasteiger charge is 2.09. The average molecular weight is 226 g/mol. The lowest BCUT2D eigenvalue weighted by Crippen LogP contribution is -2.28. The molecule has 0 spiro atoms. The van der Waals surface area contributed by atoms with Gasteiger partial charge in [0.15, 0.2) is 0 Å². The summed E-state index contributed by atoms with van der Waals surface area (Å²) in [5.74, 6) is 0.831. The van der Waals surface area contributed by atoms with Crippen LogP contribution in [0.3, 0.4) is 0 Å². The summed E-state index contributed by atoms with van der Waals surface area (Å²) in [4.78, 5) is 0. The molecule has 0 amide bonds. The van der Waals surface area contributed by atoms with Crippen LogP contribution in [0.2, 0.25) is 0 Å². The lowest BCUT2D eigenvalue weighted by Gasteiger charge is -2.09. The molecule has 1 heterocycles. The van der Waals surface area contributed by atoms with E-state index >= 15 is 0 Å². The first-order valence-electron chi connectivity index (χ1n) is 5.58. The molecule has 0 aliphatic heterocycles. The van der Waals surface area contributed by atoms with Crippen LogP contribution in [-0.4, -0.2) is 6.04 Å². The van der Waals surface area contributed by atoms with Crippen LogP contribution in [0.4, 0.5) is 0 Å². The SMILES string of the molecule is N#CC(Cc1ccco1)NCc1ccccc1. The van der Waals surface area contributed by atoms with Gasteiger partial charge >= 0.3 is 0 Å². The van der Waals surface area contributed by atoms with Crippen molar-refractivity contribution in [1.29, 1.82) is 5.26 Å². The summed E-state index contributed by atoms with van der Waals surface area (Å²) in [6.45, 7) is 0.694. The highest BCUT2D eigenvalue weighted by atomic mass is 16.3. The second-order valence-corrected chi connectivity index (χ2v) is 3.83. The van der Waals surface area contributed by atoms with Gasteiger partial charge in [-0.05, 0) is 17.7 Å². The highest BCUT2D eigenvalue weighted by Crippen LogP contribution is 2.05. The average Bonchev–Trinajstić information content (AvgIpc) is 2.88. The van der Waals surface area contributed by atoms with Crippen LogP contribution in [0.15, 0.2) is 53.1 Å². The second kappa shape index (κ2) is 5.88. The van der Waals surface area contributed by atoms with E-state index < -0.39 is 0 Å². The van der Waals surface area contributed by atoms with Crippen LogP contribution >= 0.6 is 0 Å². The molecule has 1 atom stereocenters. The Morgan fingerprint density at radius 3 is 2.65 bits per heavy atom. The molecule has 0 fully saturated rings. The third kappa shape index (κ3) is 3.47. The molecule has 86 valence electrons. The summed E-state index contributed by atoms with van der Waals surface area (Å²) >= 11 is 0. The van der Waals surface area contributed by atoms with Crippen molar-refractivity contribution < 1.29 is 4.42 Å². The van der Waals surface area contributed by atoms with Gasteiger partial charge in [0, 0.05) is 13.0 Å². The number of furan rings is 1. The van der Waals surface area contributed by atoms with Gasteiger partial charge in [-0.3, -0.25) is 5.32 Å². The van der Waals surface area contributed by atoms with Gasteiger partial charge in [-0.15, -0.1) is 0 Å². The first-order valence-corrected chi connectivity index (χ1v) is 5.58. The Morgan fingerprint density at radius 2 is 2.00 bits per heavy atom. The minimum atomic E-state index is -0.221. The van der Waals surface area contributed by atoms with Crippen LogP contribution in [0.5, 0.6) is 0 Å². The molecule has 0 aliphatic carbocycles. The minimum Gasteiger partial charge on any atom is -0.469 e. The summed E-state index contributed by atoms with van der Waals surface area (Å²) in [5, 5.41) is 12.3. The molecule has 1 aromatic carbocycles. The monoisotopic (exact) mass is 226 g/mol. The molecule has 0 saturated heterocycles. The van der Waals surface area contributed by atoms with E-state index in [4.69, 9.17) is 9.68 Å². The van der Waals surface area contributed by atoms with E-state index in [1.165, 1.54) is 5.56 Å². The van der Waals surface area contributed by atoms with E-state index in [2.05, 4.69) is 11.4 Å². The van der Waals surface area contributed by atoms with E-state index in [1.807, 2.05) is 42.5 Å². The Kier molecular flexibility index (Phi) is 3.95. The van der Waals surface area contributed by atoms with Gasteiger partial charge in [0.05, 0.1) is 12.3 Å². The molecule has 0 saturated carbocycles. The summed E-state index contributed by atoms with van der Waals surface area (Å²) in [6.07, 6.45) is 2.22. The Morgan fingerprint density at radius 1 is 1.18 bits per heavy atom. The van der Waals surface area contributed by atoms with Gasteiger partial charge in [0.2, 0.25) is 0 Å². The van der Waals surface area contributed by atoms with Crippen LogP contribution in [0.1, 0.15) is 11.3 Å². The maximum atomic E-state index is 9.05. The lowest BCUT2D eigenvalue weighted by molar-refractivity contribution is 0.476. The number of nitrogens with zero attached hydrogens (tertiary/aromatic N) is 1. The number of hydrogen-bond acceptors (Lipinski definition) is 3. The maximum Gasteiger partial charge on any atom is 0.106 e. The second-order valence-electron chi connectivity index (χ2n) is 3.83. The third-order valence-corrected chi connectivity index (χ3v) is 2.54. The number of benzene rings is 1. The van der Waals surface area contributed by atoms with E-state index in [9.17, 15) is 0 Å². The topological polar surface area (TPSA) is 49.0 Å². The van der Waals surface area contributed by atoms with Crippen LogP contribution in [-0.2, 0) is 13.0 Å². The molecule has 0 bridgehead atoms. The molecule has 17 heavy (non-hydrogen) atoms. The Bertz CT molecular complexity index is 471. The first-order chi connectivity index (χ1) is 8.38. The first kappa shape index (κ1) is 11.4. The zero-order chi connectivity index (χ0) is 11.9. The van der Waals surface area contributed by atoms with Crippen molar-refractivity contribution in [2.24, 2.45) is 0 Å². The molecular weight excluding hydrogens is 212 g/mol. The zero-order valence-electron chi connectivity index (χ0n) is 9.47. The van der Waals surface area contributed by atoms with Crippen molar-refractivity contribution in [1.82, 2.24) is 5.32 Å². The van der Waals surface area contributed by atoms with E-state index in [1.54, 1.807) is 6.26 Å². The molecule has 0 aliphatic rings. The molecule has 2 aromatic rings. The van der Waals surface area contributed by atoms with Gasteiger partial charge in [0.25, 0.3) is 0 Å². The third-order valence-electron chi connectivity index (χ3n) is 2.54. The van der Waals surface area contributed by atoms with Crippen molar-refractivity contribution in [2.45, 2.75) is 19.0 Å². The Balaban J connectivity index is 1.87. The predicted molar refractivity (Wildman–Crippen MR) is 65.1 cm³/mol. The standard InChI is InChI=1S/C14H14N2O/c15-10-13(9-14-7-4-8-17-14)16-11-12-5-2-1-3-6-12/h1-8,13,16H,9,11H2. The molecule has 1 unspecified atom stereocenters. The quantitative estimate of drug-likeness (QED) is 0.852. The van der Waals surface area contributed by atoms with Gasteiger partial charge < -0.3 is 4.42 Å². The number of nitrogens with one attached hydrogen (secondary N) is 1. The normalized spacial score (nSPS) is 11.9. The summed E-state index contributed by atoms with van der Waals surface area (Å²) < 4.78 is 5.23. The predicted octanol–water partition coefficient (Wildman–Crippen LogP) is 2.50. The van der Waals surface area contributed by atoms with Crippen LogP contribution in [0.25, 0.3) is 0 Å². The fourth-order valence-electron chi connectivity index (χ4n) is 1.63. The number of rotatable bonds is 5. The maximum absolute atomic E-state index is 9.05. The van der Waals surface area contributed by atoms with Crippen molar-refractivity contribution in [2.75, 3.05) is 0 Å². The van der Waals surface area contributed by atoms with E-state index in [-0.39, 0.29) is 6.04 Å². The fourth-order valence-corrected chi connectivity index (χ4v) is 1.63. The smallest absolute Gasteiger partial charge is 0.106 e. The van der Waals surface area contributed by atoms with Crippen molar-refractivity contribution >= 4 is 0 Å². The Hall–Kier alpha value is -2.05. The largest absolute Gasteiger partial charge is 0.469 e. The molecule has 1 aromatic heterocycles. The fraction of sp³-hybridized carbons (Fsp3) is 0.214. The summed E-state index contributed by atoms with van der Waals surface area (Å²) in [6, 6.07) is 15.8. The highest BCUT2D eigenvalue weighted by molar-refractivity contribution is 5.15. The molecule has 0 radical (unpaired) electrons. The summed E-state index contributed by atoms with van der Waals surface area (Å²) in [7, 11) is 0. The van der Waals surface area contributed by atoms with Gasteiger partial charge in [0.1, 0.15) is 11.8 Å². The van der Waals surface area contributed by atoms with Gasteiger partial charge in [-0.25, -0.2) is 0 Å². The number of hydrogen-bond donors (Lipinski definition) is 1. The van der Waals surface area contributed by atoms with Crippen molar-refractivity contribution in [3.05, 3.63) is 60.1 Å². The van der Waals surface area contributed by atoms with Crippen molar-refractivity contribution in [3.63, 3.8) is 0 Å². The minimum absolute atomic E-state index is 0.221. The molecular formula is C14H14N2O. The van der Waals surface area contributed by atoms with Gasteiger partial charge in [-0.2, -0.15) is 5.26 Å². The molecule has 3 heteroatoms. The van der Waals surface area contributed by atoms with E-state index in [0.717, 1.165) is 5.76 Å². The lowest BCUT2D eigenvalue weighted by atomic mass is 10.1. The van der Waals surface area contributed by atoms with Crippen LogP contribution < -0.4 is 5.32 Å². The Labute approximate surface area is 101 Å². The van der Waals surface area contributed by atoms with Gasteiger partial charge in [-0.1, -0.05) is 30.3 Å².